The van der Waals surface area contributed by atoms with E-state index in [1.807, 2.05) is 0 Å². The average molecular weight is 192 g/mol. The van der Waals surface area contributed by atoms with Crippen molar-refractivity contribution in [2.45, 2.75) is 46.5 Å². The van der Waals surface area contributed by atoms with Gasteiger partial charge in [-0.3, -0.25) is 4.79 Å². The lowest BCUT2D eigenvalue weighted by Crippen LogP contribution is -2.23. The van der Waals surface area contributed by atoms with E-state index < -0.39 is 0 Å². The molecule has 0 aliphatic heterocycles. The number of carbonyl (C=O) groups is 1. The minimum absolute atomic E-state index is 0.112. The van der Waals surface area contributed by atoms with Crippen molar-refractivity contribution in [1.82, 2.24) is 0 Å². The summed E-state index contributed by atoms with van der Waals surface area (Å²) in [5.41, 5.74) is 1.41. The Kier molecular flexibility index (Phi) is 3.68. The van der Waals surface area contributed by atoms with Crippen LogP contribution in [-0.4, -0.2) is 5.78 Å². The highest BCUT2D eigenvalue weighted by Crippen LogP contribution is 2.35. The third kappa shape index (κ3) is 3.49. The van der Waals surface area contributed by atoms with Gasteiger partial charge in [0, 0.05) is 12.8 Å². The van der Waals surface area contributed by atoms with E-state index in [4.69, 9.17) is 0 Å². The van der Waals surface area contributed by atoms with Crippen molar-refractivity contribution in [3.63, 3.8) is 0 Å². The largest absolute Gasteiger partial charge is 0.300 e. The van der Waals surface area contributed by atoms with E-state index in [9.17, 15) is 4.79 Å². The first-order valence-corrected chi connectivity index (χ1v) is 5.36. The zero-order chi connectivity index (χ0) is 10.6. The lowest BCUT2D eigenvalue weighted by Gasteiger charge is -2.29. The highest BCUT2D eigenvalue weighted by atomic mass is 16.1. The van der Waals surface area contributed by atoms with Gasteiger partial charge in [-0.05, 0) is 32.1 Å². The Hall–Kier alpha value is -0.850. The fourth-order valence-corrected chi connectivity index (χ4v) is 1.93. The Balaban J connectivity index is 2.61. The predicted octanol–water partition coefficient (Wildman–Crippen LogP) is 3.66. The number of allylic oxidation sites excluding steroid dienone is 4. The van der Waals surface area contributed by atoms with Crippen LogP contribution in [0.4, 0.5) is 0 Å². The maximum absolute atomic E-state index is 11.3. The van der Waals surface area contributed by atoms with Gasteiger partial charge in [0.1, 0.15) is 5.78 Å². The van der Waals surface area contributed by atoms with Crippen LogP contribution >= 0.6 is 0 Å². The summed E-state index contributed by atoms with van der Waals surface area (Å²) in [6, 6.07) is 0. The van der Waals surface area contributed by atoms with Gasteiger partial charge >= 0.3 is 0 Å². The van der Waals surface area contributed by atoms with E-state index in [1.54, 1.807) is 0 Å². The molecule has 1 saturated carbocycles. The number of ketones is 1. The zero-order valence-corrected chi connectivity index (χ0v) is 9.47. The molecule has 14 heavy (non-hydrogen) atoms. The van der Waals surface area contributed by atoms with Gasteiger partial charge < -0.3 is 0 Å². The molecule has 0 aromatic carbocycles. The molecule has 1 aliphatic carbocycles. The van der Waals surface area contributed by atoms with E-state index in [2.05, 4.69) is 39.0 Å². The first-order valence-electron chi connectivity index (χ1n) is 5.36. The van der Waals surface area contributed by atoms with Crippen LogP contribution in [0.25, 0.3) is 0 Å². The molecule has 0 N–H and O–H groups in total. The van der Waals surface area contributed by atoms with Crippen molar-refractivity contribution in [2.24, 2.45) is 5.41 Å². The third-order valence-corrected chi connectivity index (χ3v) is 2.73. The smallest absolute Gasteiger partial charge is 0.133 e. The first kappa shape index (κ1) is 11.2. The maximum atomic E-state index is 11.3. The second-order valence-corrected chi connectivity index (χ2v) is 4.83. The lowest BCUT2D eigenvalue weighted by molar-refractivity contribution is -0.122. The van der Waals surface area contributed by atoms with Gasteiger partial charge in [-0.1, -0.05) is 30.7 Å². The number of carbonyl (C=O) groups excluding carboxylic acids is 1. The number of rotatable bonds is 2. The SMILES string of the molecule is CC(C)=C/C=C/[C@@]1(C)CCCC(=O)C1. The molecule has 0 bridgehead atoms. The summed E-state index contributed by atoms with van der Waals surface area (Å²) in [6.07, 6.45) is 10.1. The van der Waals surface area contributed by atoms with E-state index in [0.717, 1.165) is 25.7 Å². The summed E-state index contributed by atoms with van der Waals surface area (Å²) in [7, 11) is 0. The molecule has 1 aliphatic rings. The molecule has 0 heterocycles. The van der Waals surface area contributed by atoms with Gasteiger partial charge in [0.2, 0.25) is 0 Å². The van der Waals surface area contributed by atoms with Crippen LogP contribution < -0.4 is 0 Å². The third-order valence-electron chi connectivity index (χ3n) is 2.73. The molecule has 1 atom stereocenters. The van der Waals surface area contributed by atoms with Crippen LogP contribution in [0.3, 0.4) is 0 Å². The Labute approximate surface area is 86.9 Å². The van der Waals surface area contributed by atoms with E-state index >= 15 is 0 Å². The fraction of sp³-hybridized carbons (Fsp3) is 0.615. The van der Waals surface area contributed by atoms with Crippen molar-refractivity contribution in [2.75, 3.05) is 0 Å². The normalized spacial score (nSPS) is 28.1. The summed E-state index contributed by atoms with van der Waals surface area (Å²) in [5.74, 6) is 0.417. The van der Waals surface area contributed by atoms with Gasteiger partial charge in [-0.25, -0.2) is 0 Å². The molecular weight excluding hydrogens is 172 g/mol. The zero-order valence-electron chi connectivity index (χ0n) is 9.47. The molecule has 0 spiro atoms. The Morgan fingerprint density at radius 2 is 2.14 bits per heavy atom. The molecule has 0 aromatic rings. The summed E-state index contributed by atoms with van der Waals surface area (Å²) in [4.78, 5) is 11.3. The molecule has 0 amide bonds. The molecule has 78 valence electrons. The van der Waals surface area contributed by atoms with Crippen molar-refractivity contribution < 1.29 is 4.79 Å². The average Bonchev–Trinajstić information content (AvgIpc) is 2.01. The van der Waals surface area contributed by atoms with Crippen molar-refractivity contribution >= 4 is 5.78 Å². The van der Waals surface area contributed by atoms with Gasteiger partial charge in [-0.15, -0.1) is 0 Å². The molecule has 0 aromatic heterocycles. The highest BCUT2D eigenvalue weighted by molar-refractivity contribution is 5.80. The molecule has 0 unspecified atom stereocenters. The van der Waals surface area contributed by atoms with Crippen molar-refractivity contribution in [1.29, 1.82) is 0 Å². The summed E-state index contributed by atoms with van der Waals surface area (Å²) < 4.78 is 0. The second kappa shape index (κ2) is 4.59. The number of Topliss-reactive ketones (excluding diaryl/α,β-unsaturated/α-hetero) is 1. The van der Waals surface area contributed by atoms with Gasteiger partial charge in [0.25, 0.3) is 0 Å². The predicted molar refractivity (Wildman–Crippen MR) is 60.2 cm³/mol. The van der Waals surface area contributed by atoms with E-state index in [1.165, 1.54) is 5.57 Å². The minimum Gasteiger partial charge on any atom is -0.300 e. The van der Waals surface area contributed by atoms with Gasteiger partial charge in [0.15, 0.2) is 0 Å². The Bertz CT molecular complexity index is 269. The van der Waals surface area contributed by atoms with Gasteiger partial charge in [-0.2, -0.15) is 0 Å². The van der Waals surface area contributed by atoms with Crippen LogP contribution in [-0.2, 0) is 4.79 Å². The topological polar surface area (TPSA) is 17.1 Å². The molecule has 1 nitrogen and oxygen atoms in total. The molecule has 1 fully saturated rings. The molecule has 1 rings (SSSR count). The standard InChI is InChI=1S/C13H20O/c1-11(2)6-4-8-13(3)9-5-7-12(14)10-13/h4,6,8H,5,7,9-10H2,1-3H3/b8-4+/t13-/m0/s1. The monoisotopic (exact) mass is 192 g/mol. The fourth-order valence-electron chi connectivity index (χ4n) is 1.93. The Morgan fingerprint density at radius 1 is 1.43 bits per heavy atom. The van der Waals surface area contributed by atoms with Crippen LogP contribution in [0.5, 0.6) is 0 Å². The lowest BCUT2D eigenvalue weighted by atomic mass is 9.75. The molecule has 1 heteroatoms. The second-order valence-electron chi connectivity index (χ2n) is 4.83. The molecule has 0 saturated heterocycles. The highest BCUT2D eigenvalue weighted by Gasteiger charge is 2.28. The Morgan fingerprint density at radius 3 is 2.71 bits per heavy atom. The minimum atomic E-state index is 0.112. The summed E-state index contributed by atoms with van der Waals surface area (Å²) in [6.45, 7) is 6.34. The van der Waals surface area contributed by atoms with E-state index in [-0.39, 0.29) is 5.41 Å². The summed E-state index contributed by atoms with van der Waals surface area (Å²) in [5, 5.41) is 0. The van der Waals surface area contributed by atoms with Crippen LogP contribution in [0.15, 0.2) is 23.8 Å². The first-order chi connectivity index (χ1) is 6.52. The molecule has 0 radical (unpaired) electrons. The maximum Gasteiger partial charge on any atom is 0.133 e. The van der Waals surface area contributed by atoms with Crippen LogP contribution in [0, 0.1) is 5.41 Å². The van der Waals surface area contributed by atoms with Crippen LogP contribution in [0.2, 0.25) is 0 Å². The summed E-state index contributed by atoms with van der Waals surface area (Å²) >= 11 is 0. The van der Waals surface area contributed by atoms with Gasteiger partial charge in [0.05, 0.1) is 0 Å². The quantitative estimate of drug-likeness (QED) is 0.610. The molecular formula is C13H20O. The van der Waals surface area contributed by atoms with E-state index in [0.29, 0.717) is 5.78 Å². The van der Waals surface area contributed by atoms with Crippen molar-refractivity contribution in [3.05, 3.63) is 23.8 Å². The van der Waals surface area contributed by atoms with Crippen LogP contribution in [0.1, 0.15) is 46.5 Å². The van der Waals surface area contributed by atoms with Crippen molar-refractivity contribution in [3.8, 4) is 0 Å². The number of hydrogen-bond donors (Lipinski definition) is 0. The number of hydrogen-bond acceptors (Lipinski definition) is 1.